The maximum absolute atomic E-state index is 12.8. The van der Waals surface area contributed by atoms with Gasteiger partial charge in [-0.25, -0.2) is 8.42 Å². The number of ether oxygens (including phenoxy) is 1. The molecular weight excluding hydrogens is 296 g/mol. The Balaban J connectivity index is 2.47. The molecule has 0 aromatic heterocycles. The van der Waals surface area contributed by atoms with Crippen molar-refractivity contribution in [2.45, 2.75) is 31.3 Å². The number of sulfonamides is 1. The first-order chi connectivity index (χ1) is 9.87. The number of nitro benzene ring substituents is 1. The van der Waals surface area contributed by atoms with Crippen molar-refractivity contribution in [2.75, 3.05) is 19.7 Å². The summed E-state index contributed by atoms with van der Waals surface area (Å²) >= 11 is 0. The van der Waals surface area contributed by atoms with E-state index >= 15 is 0 Å². The minimum Gasteiger partial charge on any atom is -0.375 e. The second-order valence-corrected chi connectivity index (χ2v) is 6.82. The van der Waals surface area contributed by atoms with Gasteiger partial charge in [0, 0.05) is 19.2 Å². The van der Waals surface area contributed by atoms with Gasteiger partial charge in [0.1, 0.15) is 0 Å². The van der Waals surface area contributed by atoms with Gasteiger partial charge in [0.05, 0.1) is 17.6 Å². The van der Waals surface area contributed by atoms with E-state index in [2.05, 4.69) is 0 Å². The number of nitro groups is 1. The van der Waals surface area contributed by atoms with Crippen LogP contribution in [0.15, 0.2) is 23.1 Å². The Morgan fingerprint density at radius 2 is 2.19 bits per heavy atom. The summed E-state index contributed by atoms with van der Waals surface area (Å²) in [6.07, 6.45) is 0.526. The third-order valence-electron chi connectivity index (χ3n) is 3.54. The summed E-state index contributed by atoms with van der Waals surface area (Å²) in [5, 5.41) is 11.1. The maximum Gasteiger partial charge on any atom is 0.289 e. The SMILES string of the molecule is CC[C@H]1CN(S(=O)(=O)c2c(C)cccc2[N+](=O)[O-])CCO1. The molecule has 7 nitrogen and oxygen atoms in total. The molecule has 116 valence electrons. The van der Waals surface area contributed by atoms with E-state index in [1.54, 1.807) is 13.0 Å². The van der Waals surface area contributed by atoms with Crippen molar-refractivity contribution in [1.82, 2.24) is 4.31 Å². The summed E-state index contributed by atoms with van der Waals surface area (Å²) in [7, 11) is -3.90. The highest BCUT2D eigenvalue weighted by atomic mass is 32.2. The monoisotopic (exact) mass is 314 g/mol. The van der Waals surface area contributed by atoms with E-state index in [4.69, 9.17) is 4.74 Å². The van der Waals surface area contributed by atoms with Crippen LogP contribution in [-0.2, 0) is 14.8 Å². The largest absolute Gasteiger partial charge is 0.375 e. The van der Waals surface area contributed by atoms with E-state index in [1.165, 1.54) is 16.4 Å². The van der Waals surface area contributed by atoms with Crippen LogP contribution in [0.4, 0.5) is 5.69 Å². The van der Waals surface area contributed by atoms with Crippen molar-refractivity contribution in [3.05, 3.63) is 33.9 Å². The first-order valence-corrected chi connectivity index (χ1v) is 8.17. The topological polar surface area (TPSA) is 89.8 Å². The molecule has 1 fully saturated rings. The quantitative estimate of drug-likeness (QED) is 0.623. The summed E-state index contributed by atoms with van der Waals surface area (Å²) in [6.45, 7) is 4.22. The molecule has 0 saturated carbocycles. The van der Waals surface area contributed by atoms with Crippen LogP contribution >= 0.6 is 0 Å². The predicted octanol–water partition coefficient (Wildman–Crippen LogP) is 1.70. The number of rotatable bonds is 4. The molecule has 0 amide bonds. The van der Waals surface area contributed by atoms with Gasteiger partial charge in [0.2, 0.25) is 10.0 Å². The standard InChI is InChI=1S/C13H18N2O5S/c1-3-11-9-14(7-8-20-11)21(18,19)13-10(2)5-4-6-12(13)15(16)17/h4-6,11H,3,7-9H2,1-2H3/t11-/m0/s1. The molecule has 8 heteroatoms. The zero-order chi connectivity index (χ0) is 15.6. The summed E-state index contributed by atoms with van der Waals surface area (Å²) in [5.41, 5.74) is -0.00159. The van der Waals surface area contributed by atoms with Gasteiger partial charge in [-0.05, 0) is 18.9 Å². The number of hydrogen-bond donors (Lipinski definition) is 0. The Hall–Kier alpha value is -1.51. The average molecular weight is 314 g/mol. The molecule has 0 spiro atoms. The summed E-state index contributed by atoms with van der Waals surface area (Å²) in [5.74, 6) is 0. The van der Waals surface area contributed by atoms with Crippen LogP contribution in [-0.4, -0.2) is 43.4 Å². The number of hydrogen-bond acceptors (Lipinski definition) is 5. The molecule has 1 atom stereocenters. The summed E-state index contributed by atoms with van der Waals surface area (Å²) in [4.78, 5) is 10.3. The predicted molar refractivity (Wildman–Crippen MR) is 76.6 cm³/mol. The van der Waals surface area contributed by atoms with Gasteiger partial charge < -0.3 is 4.74 Å². The summed E-state index contributed by atoms with van der Waals surface area (Å²) < 4.78 is 32.3. The highest BCUT2D eigenvalue weighted by molar-refractivity contribution is 7.89. The van der Waals surface area contributed by atoms with E-state index < -0.39 is 14.9 Å². The van der Waals surface area contributed by atoms with E-state index in [1.807, 2.05) is 6.92 Å². The molecule has 1 aromatic carbocycles. The van der Waals surface area contributed by atoms with Crippen molar-refractivity contribution in [3.63, 3.8) is 0 Å². The molecule has 0 N–H and O–H groups in total. The average Bonchev–Trinajstić information content (AvgIpc) is 2.46. The highest BCUT2D eigenvalue weighted by Gasteiger charge is 2.35. The fourth-order valence-electron chi connectivity index (χ4n) is 2.40. The van der Waals surface area contributed by atoms with Crippen LogP contribution in [0.1, 0.15) is 18.9 Å². The van der Waals surface area contributed by atoms with Crippen molar-refractivity contribution < 1.29 is 18.1 Å². The van der Waals surface area contributed by atoms with Gasteiger partial charge in [-0.2, -0.15) is 4.31 Å². The Kier molecular flexibility index (Phi) is 4.60. The van der Waals surface area contributed by atoms with Gasteiger partial charge in [-0.1, -0.05) is 19.1 Å². The van der Waals surface area contributed by atoms with Crippen LogP contribution in [0.3, 0.4) is 0 Å². The number of nitrogens with zero attached hydrogens (tertiary/aromatic N) is 2. The molecule has 0 radical (unpaired) electrons. The van der Waals surface area contributed by atoms with Crippen LogP contribution in [0.2, 0.25) is 0 Å². The first kappa shape index (κ1) is 15.9. The van der Waals surface area contributed by atoms with Crippen LogP contribution < -0.4 is 0 Å². The smallest absolute Gasteiger partial charge is 0.289 e. The third kappa shape index (κ3) is 3.07. The normalized spacial score (nSPS) is 20.4. The number of aryl methyl sites for hydroxylation is 1. The van der Waals surface area contributed by atoms with Gasteiger partial charge in [0.15, 0.2) is 4.90 Å². The second kappa shape index (κ2) is 6.08. The lowest BCUT2D eigenvalue weighted by Crippen LogP contribution is -2.45. The molecule has 0 bridgehead atoms. The maximum atomic E-state index is 12.8. The van der Waals surface area contributed by atoms with E-state index in [0.717, 1.165) is 0 Å². The lowest BCUT2D eigenvalue weighted by atomic mass is 10.2. The molecule has 0 aliphatic carbocycles. The van der Waals surface area contributed by atoms with Gasteiger partial charge in [0.25, 0.3) is 5.69 Å². The van der Waals surface area contributed by atoms with Crippen LogP contribution in [0.5, 0.6) is 0 Å². The fourth-order valence-corrected chi connectivity index (χ4v) is 4.22. The molecule has 2 rings (SSSR count). The van der Waals surface area contributed by atoms with E-state index in [0.29, 0.717) is 18.6 Å². The Morgan fingerprint density at radius 1 is 1.48 bits per heavy atom. The zero-order valence-corrected chi connectivity index (χ0v) is 12.8. The minimum atomic E-state index is -3.90. The molecule has 21 heavy (non-hydrogen) atoms. The van der Waals surface area contributed by atoms with Crippen LogP contribution in [0, 0.1) is 17.0 Å². The Labute approximate surface area is 123 Å². The molecular formula is C13H18N2O5S. The molecule has 0 unspecified atom stereocenters. The van der Waals surface area contributed by atoms with Gasteiger partial charge in [-0.3, -0.25) is 10.1 Å². The highest BCUT2D eigenvalue weighted by Crippen LogP contribution is 2.30. The number of benzene rings is 1. The van der Waals surface area contributed by atoms with Gasteiger partial charge in [-0.15, -0.1) is 0 Å². The van der Waals surface area contributed by atoms with E-state index in [9.17, 15) is 18.5 Å². The molecule has 1 saturated heterocycles. The second-order valence-electron chi connectivity index (χ2n) is 4.94. The van der Waals surface area contributed by atoms with E-state index in [-0.39, 0.29) is 29.8 Å². The first-order valence-electron chi connectivity index (χ1n) is 6.73. The Bertz CT molecular complexity index is 644. The van der Waals surface area contributed by atoms with Crippen molar-refractivity contribution in [2.24, 2.45) is 0 Å². The lowest BCUT2D eigenvalue weighted by molar-refractivity contribution is -0.387. The van der Waals surface area contributed by atoms with Crippen molar-refractivity contribution in [3.8, 4) is 0 Å². The summed E-state index contributed by atoms with van der Waals surface area (Å²) in [6, 6.07) is 4.27. The molecule has 1 aliphatic heterocycles. The Morgan fingerprint density at radius 3 is 2.81 bits per heavy atom. The molecule has 1 heterocycles. The lowest BCUT2D eigenvalue weighted by Gasteiger charge is -2.31. The van der Waals surface area contributed by atoms with Crippen molar-refractivity contribution in [1.29, 1.82) is 0 Å². The minimum absolute atomic E-state index is 0.170. The number of morpholine rings is 1. The van der Waals surface area contributed by atoms with Crippen LogP contribution in [0.25, 0.3) is 0 Å². The molecule has 1 aliphatic rings. The van der Waals surface area contributed by atoms with Gasteiger partial charge >= 0.3 is 0 Å². The third-order valence-corrected chi connectivity index (χ3v) is 5.60. The van der Waals surface area contributed by atoms with Crippen molar-refractivity contribution >= 4 is 15.7 Å². The molecule has 1 aromatic rings. The zero-order valence-electron chi connectivity index (χ0n) is 12.0. The fraction of sp³-hybridized carbons (Fsp3) is 0.538.